The van der Waals surface area contributed by atoms with Gasteiger partial charge in [-0.25, -0.2) is 14.9 Å². The molecule has 0 unspecified atom stereocenters. The topological polar surface area (TPSA) is 84.2 Å². The summed E-state index contributed by atoms with van der Waals surface area (Å²) >= 11 is 0. The summed E-state index contributed by atoms with van der Waals surface area (Å²) in [7, 11) is 0. The van der Waals surface area contributed by atoms with E-state index in [9.17, 15) is 14.0 Å². The van der Waals surface area contributed by atoms with Crippen LogP contribution < -0.4 is 11.0 Å². The lowest BCUT2D eigenvalue weighted by atomic mass is 10.1. The highest BCUT2D eigenvalue weighted by atomic mass is 19.1. The minimum atomic E-state index is -0.443. The second kappa shape index (κ2) is 8.38. The minimum Gasteiger partial charge on any atom is -0.299 e. The molecule has 0 atom stereocenters. The van der Waals surface area contributed by atoms with Gasteiger partial charge >= 0.3 is 0 Å². The van der Waals surface area contributed by atoms with Gasteiger partial charge in [0.05, 0.1) is 17.2 Å². The molecule has 1 aromatic carbocycles. The average Bonchev–Trinajstić information content (AvgIpc) is 2.56. The molecule has 0 fully saturated rings. The molecule has 0 aliphatic heterocycles. The van der Waals surface area contributed by atoms with Crippen molar-refractivity contribution in [3.63, 3.8) is 0 Å². The highest BCUT2D eigenvalue weighted by Crippen LogP contribution is 2.10. The van der Waals surface area contributed by atoms with Crippen LogP contribution in [0.4, 0.5) is 4.39 Å². The molecule has 0 radical (unpaired) electrons. The zero-order chi connectivity index (χ0) is 16.7. The maximum atomic E-state index is 13.2. The molecule has 1 amide bonds. The van der Waals surface area contributed by atoms with Crippen molar-refractivity contribution in [3.8, 4) is 0 Å². The third kappa shape index (κ3) is 4.85. The van der Waals surface area contributed by atoms with Crippen LogP contribution in [0, 0.1) is 5.82 Å². The molecule has 0 saturated carbocycles. The van der Waals surface area contributed by atoms with Crippen molar-refractivity contribution in [2.45, 2.75) is 45.1 Å². The first-order chi connectivity index (χ1) is 11.1. The molecule has 1 aromatic heterocycles. The summed E-state index contributed by atoms with van der Waals surface area (Å²) in [6.07, 6.45) is 6.11. The number of aromatic nitrogens is 2. The van der Waals surface area contributed by atoms with Gasteiger partial charge in [0.25, 0.3) is 5.56 Å². The van der Waals surface area contributed by atoms with E-state index in [4.69, 9.17) is 5.21 Å². The lowest BCUT2D eigenvalue weighted by Gasteiger charge is -2.06. The summed E-state index contributed by atoms with van der Waals surface area (Å²) in [6, 6.07) is 4.00. The van der Waals surface area contributed by atoms with Crippen LogP contribution in [0.2, 0.25) is 0 Å². The number of hydrogen-bond donors (Lipinski definition) is 2. The zero-order valence-corrected chi connectivity index (χ0v) is 12.8. The van der Waals surface area contributed by atoms with E-state index in [1.165, 1.54) is 29.1 Å². The maximum absolute atomic E-state index is 13.2. The van der Waals surface area contributed by atoms with Crippen LogP contribution in [0.5, 0.6) is 0 Å². The number of nitrogens with one attached hydrogen (secondary N) is 1. The normalized spacial score (nSPS) is 10.9. The minimum absolute atomic E-state index is 0.228. The standard InChI is InChI=1S/C16H20FN3O3/c17-12-7-8-14-13(10-12)16(22)20(11-18-14)9-5-3-1-2-4-6-15(21)19-23/h7-8,10-11,23H,1-6,9H2,(H,19,21). The number of nitrogens with zero attached hydrogens (tertiary/aromatic N) is 2. The third-order valence-corrected chi connectivity index (χ3v) is 3.71. The Kier molecular flexibility index (Phi) is 6.22. The second-order valence-electron chi connectivity index (χ2n) is 5.46. The molecular weight excluding hydrogens is 301 g/mol. The number of aryl methyl sites for hydroxylation is 1. The Labute approximate surface area is 132 Å². The SMILES string of the molecule is O=C(CCCCCCCn1cnc2ccc(F)cc2c1=O)NO. The molecule has 0 aliphatic carbocycles. The smallest absolute Gasteiger partial charge is 0.261 e. The van der Waals surface area contributed by atoms with Gasteiger partial charge in [0, 0.05) is 13.0 Å². The van der Waals surface area contributed by atoms with Crippen LogP contribution in [0.3, 0.4) is 0 Å². The van der Waals surface area contributed by atoms with Crippen LogP contribution in [0.15, 0.2) is 29.3 Å². The van der Waals surface area contributed by atoms with E-state index in [0.717, 1.165) is 32.1 Å². The van der Waals surface area contributed by atoms with Gasteiger partial charge in [0.1, 0.15) is 5.82 Å². The number of carbonyl (C=O) groups is 1. The average molecular weight is 321 g/mol. The number of carbonyl (C=O) groups excluding carboxylic acids is 1. The summed E-state index contributed by atoms with van der Waals surface area (Å²) in [6.45, 7) is 0.537. The Bertz CT molecular complexity index is 730. The molecule has 2 rings (SSSR count). The van der Waals surface area contributed by atoms with Crippen molar-refractivity contribution < 1.29 is 14.4 Å². The molecule has 23 heavy (non-hydrogen) atoms. The molecule has 1 heterocycles. The number of benzene rings is 1. The molecular formula is C16H20FN3O3. The van der Waals surface area contributed by atoms with Crippen LogP contribution in [-0.4, -0.2) is 20.7 Å². The Morgan fingerprint density at radius 1 is 1.22 bits per heavy atom. The number of hydrogen-bond acceptors (Lipinski definition) is 4. The lowest BCUT2D eigenvalue weighted by molar-refractivity contribution is -0.129. The first-order valence-corrected chi connectivity index (χ1v) is 7.69. The predicted molar refractivity (Wildman–Crippen MR) is 83.6 cm³/mol. The largest absolute Gasteiger partial charge is 0.299 e. The molecule has 124 valence electrons. The van der Waals surface area contributed by atoms with Crippen LogP contribution >= 0.6 is 0 Å². The van der Waals surface area contributed by atoms with Crippen LogP contribution in [0.25, 0.3) is 10.9 Å². The summed E-state index contributed by atoms with van der Waals surface area (Å²) in [4.78, 5) is 27.2. The first-order valence-electron chi connectivity index (χ1n) is 7.69. The van der Waals surface area contributed by atoms with E-state index < -0.39 is 5.82 Å². The van der Waals surface area contributed by atoms with Gasteiger partial charge in [-0.05, 0) is 31.0 Å². The van der Waals surface area contributed by atoms with E-state index >= 15 is 0 Å². The Morgan fingerprint density at radius 3 is 2.74 bits per heavy atom. The van der Waals surface area contributed by atoms with Crippen LogP contribution in [0.1, 0.15) is 38.5 Å². The van der Waals surface area contributed by atoms with Gasteiger partial charge in [-0.1, -0.05) is 19.3 Å². The van der Waals surface area contributed by atoms with Gasteiger partial charge in [-0.15, -0.1) is 0 Å². The monoisotopic (exact) mass is 321 g/mol. The van der Waals surface area contributed by atoms with Gasteiger partial charge in [0.2, 0.25) is 5.91 Å². The molecule has 7 heteroatoms. The summed E-state index contributed by atoms with van der Waals surface area (Å²) < 4.78 is 14.7. The molecule has 0 spiro atoms. The number of halogens is 1. The second-order valence-corrected chi connectivity index (χ2v) is 5.46. The van der Waals surface area contributed by atoms with E-state index in [1.54, 1.807) is 5.48 Å². The molecule has 0 bridgehead atoms. The number of amides is 1. The molecule has 6 nitrogen and oxygen atoms in total. The summed E-state index contributed by atoms with van der Waals surface area (Å²) in [5.74, 6) is -0.813. The van der Waals surface area contributed by atoms with Crippen LogP contribution in [-0.2, 0) is 11.3 Å². The first kappa shape index (κ1) is 17.1. The highest BCUT2D eigenvalue weighted by Gasteiger charge is 2.05. The Morgan fingerprint density at radius 2 is 1.96 bits per heavy atom. The van der Waals surface area contributed by atoms with Crippen molar-refractivity contribution in [1.82, 2.24) is 15.0 Å². The third-order valence-electron chi connectivity index (χ3n) is 3.71. The fourth-order valence-electron chi connectivity index (χ4n) is 2.44. The highest BCUT2D eigenvalue weighted by molar-refractivity contribution is 5.77. The Hall–Kier alpha value is -2.28. The lowest BCUT2D eigenvalue weighted by Crippen LogP contribution is -2.20. The zero-order valence-electron chi connectivity index (χ0n) is 12.8. The summed E-state index contributed by atoms with van der Waals surface area (Å²) in [5.41, 5.74) is 1.87. The molecule has 0 saturated heterocycles. The van der Waals surface area contributed by atoms with Gasteiger partial charge in [0.15, 0.2) is 0 Å². The number of unbranched alkanes of at least 4 members (excludes halogenated alkanes) is 4. The Balaban J connectivity index is 1.80. The number of hydroxylamine groups is 1. The van der Waals surface area contributed by atoms with Crippen molar-refractivity contribution in [3.05, 3.63) is 40.7 Å². The van der Waals surface area contributed by atoms with E-state index in [0.29, 0.717) is 23.9 Å². The van der Waals surface area contributed by atoms with Gasteiger partial charge < -0.3 is 0 Å². The van der Waals surface area contributed by atoms with E-state index in [-0.39, 0.29) is 11.5 Å². The maximum Gasteiger partial charge on any atom is 0.261 e. The fraction of sp³-hybridized carbons (Fsp3) is 0.438. The van der Waals surface area contributed by atoms with Gasteiger partial charge in [-0.3, -0.25) is 19.4 Å². The quantitative estimate of drug-likeness (QED) is 0.444. The van der Waals surface area contributed by atoms with Crippen molar-refractivity contribution >= 4 is 16.8 Å². The van der Waals surface area contributed by atoms with Crippen molar-refractivity contribution in [2.75, 3.05) is 0 Å². The summed E-state index contributed by atoms with van der Waals surface area (Å²) in [5, 5.41) is 8.65. The fourth-order valence-corrected chi connectivity index (χ4v) is 2.44. The number of rotatable bonds is 8. The van der Waals surface area contributed by atoms with Crippen molar-refractivity contribution in [1.29, 1.82) is 0 Å². The molecule has 2 N–H and O–H groups in total. The van der Waals surface area contributed by atoms with Crippen molar-refractivity contribution in [2.24, 2.45) is 0 Å². The number of fused-ring (bicyclic) bond motifs is 1. The van der Waals surface area contributed by atoms with E-state index in [2.05, 4.69) is 4.98 Å². The molecule has 0 aliphatic rings. The predicted octanol–water partition coefficient (Wildman–Crippen LogP) is 2.38. The molecule has 2 aromatic rings. The van der Waals surface area contributed by atoms with E-state index in [1.807, 2.05) is 0 Å². The van der Waals surface area contributed by atoms with Gasteiger partial charge in [-0.2, -0.15) is 0 Å².